The summed E-state index contributed by atoms with van der Waals surface area (Å²) in [4.78, 5) is 36.8. The number of aryl methyl sites for hydroxylation is 2. The van der Waals surface area contributed by atoms with Crippen LogP contribution in [-0.4, -0.2) is 37.0 Å². The van der Waals surface area contributed by atoms with Crippen molar-refractivity contribution in [3.63, 3.8) is 0 Å². The minimum atomic E-state index is -0.648. The first-order valence-electron chi connectivity index (χ1n) is 10.5. The van der Waals surface area contributed by atoms with Crippen molar-refractivity contribution < 1.29 is 23.9 Å². The Morgan fingerprint density at radius 1 is 0.935 bits per heavy atom. The molecule has 1 saturated carbocycles. The minimum absolute atomic E-state index is 0.175. The zero-order valence-electron chi connectivity index (χ0n) is 17.9. The van der Waals surface area contributed by atoms with Crippen molar-refractivity contribution in [3.05, 3.63) is 59.2 Å². The number of carbonyl (C=O) groups is 3. The van der Waals surface area contributed by atoms with Crippen LogP contribution in [0.15, 0.2) is 42.5 Å². The number of amides is 2. The van der Waals surface area contributed by atoms with Gasteiger partial charge in [0.05, 0.1) is 11.3 Å². The third-order valence-electron chi connectivity index (χ3n) is 5.24. The third-order valence-corrected chi connectivity index (χ3v) is 5.24. The van der Waals surface area contributed by atoms with Crippen LogP contribution in [0.5, 0.6) is 5.75 Å². The van der Waals surface area contributed by atoms with Crippen LogP contribution in [0, 0.1) is 13.8 Å². The predicted octanol–water partition coefficient (Wildman–Crippen LogP) is 3.54. The maximum Gasteiger partial charge on any atom is 0.344 e. The topological polar surface area (TPSA) is 93.7 Å². The molecule has 2 aromatic carbocycles. The fourth-order valence-electron chi connectivity index (χ4n) is 3.66. The quantitative estimate of drug-likeness (QED) is 0.632. The number of hydrogen-bond donors (Lipinski definition) is 2. The van der Waals surface area contributed by atoms with Gasteiger partial charge in [-0.3, -0.25) is 9.59 Å². The molecule has 0 spiro atoms. The van der Waals surface area contributed by atoms with E-state index in [0.29, 0.717) is 17.0 Å². The lowest BCUT2D eigenvalue weighted by atomic mass is 10.1. The second kappa shape index (κ2) is 10.6. The van der Waals surface area contributed by atoms with Crippen molar-refractivity contribution in [2.75, 3.05) is 18.5 Å². The molecule has 1 aliphatic rings. The van der Waals surface area contributed by atoms with Gasteiger partial charge in [0.15, 0.2) is 13.2 Å². The molecule has 0 radical (unpaired) electrons. The van der Waals surface area contributed by atoms with E-state index in [1.165, 1.54) is 0 Å². The summed E-state index contributed by atoms with van der Waals surface area (Å²) < 4.78 is 10.5. The summed E-state index contributed by atoms with van der Waals surface area (Å²) in [6, 6.07) is 12.6. The molecule has 1 fully saturated rings. The molecule has 0 heterocycles. The van der Waals surface area contributed by atoms with E-state index in [0.717, 1.165) is 36.8 Å². The Balaban J connectivity index is 1.49. The zero-order valence-corrected chi connectivity index (χ0v) is 17.9. The monoisotopic (exact) mass is 424 g/mol. The highest BCUT2D eigenvalue weighted by atomic mass is 16.6. The Hall–Kier alpha value is -3.35. The highest BCUT2D eigenvalue weighted by molar-refractivity contribution is 6.04. The van der Waals surface area contributed by atoms with E-state index < -0.39 is 18.5 Å². The molecular formula is C24H28N2O5. The van der Waals surface area contributed by atoms with E-state index in [1.807, 2.05) is 32.0 Å². The average Bonchev–Trinajstić information content (AvgIpc) is 3.25. The molecule has 0 aliphatic heterocycles. The first-order chi connectivity index (χ1) is 14.9. The summed E-state index contributed by atoms with van der Waals surface area (Å²) in [5.41, 5.74) is 2.59. The summed E-state index contributed by atoms with van der Waals surface area (Å²) in [5, 5.41) is 5.65. The fourth-order valence-corrected chi connectivity index (χ4v) is 3.66. The number of rotatable bonds is 8. The fraction of sp³-hybridized carbons (Fsp3) is 0.375. The van der Waals surface area contributed by atoms with Crippen molar-refractivity contribution in [2.45, 2.75) is 45.6 Å². The first-order valence-corrected chi connectivity index (χ1v) is 10.5. The van der Waals surface area contributed by atoms with Crippen LogP contribution in [-0.2, 0) is 14.3 Å². The molecule has 0 aromatic heterocycles. The van der Waals surface area contributed by atoms with Crippen LogP contribution < -0.4 is 15.4 Å². The number of esters is 1. The van der Waals surface area contributed by atoms with Gasteiger partial charge in [-0.2, -0.15) is 0 Å². The molecule has 1 aliphatic carbocycles. The van der Waals surface area contributed by atoms with Crippen LogP contribution in [0.1, 0.15) is 47.2 Å². The molecule has 2 N–H and O–H groups in total. The number of benzene rings is 2. The number of carbonyl (C=O) groups excluding carboxylic acids is 3. The molecule has 3 rings (SSSR count). The zero-order chi connectivity index (χ0) is 22.2. The average molecular weight is 424 g/mol. The SMILES string of the molecule is Cc1cccc(C)c1OCC(=O)OCC(=O)Nc1ccccc1C(=O)NC1CCCC1. The summed E-state index contributed by atoms with van der Waals surface area (Å²) >= 11 is 0. The van der Waals surface area contributed by atoms with Crippen LogP contribution in [0.4, 0.5) is 5.69 Å². The van der Waals surface area contributed by atoms with Gasteiger partial charge in [0.2, 0.25) is 0 Å². The van der Waals surface area contributed by atoms with Crippen molar-refractivity contribution in [2.24, 2.45) is 0 Å². The second-order valence-electron chi connectivity index (χ2n) is 7.72. The Kier molecular flexibility index (Phi) is 7.65. The highest BCUT2D eigenvalue weighted by Crippen LogP contribution is 2.22. The Morgan fingerprint density at radius 2 is 1.61 bits per heavy atom. The Bertz CT molecular complexity index is 930. The predicted molar refractivity (Wildman–Crippen MR) is 117 cm³/mol. The highest BCUT2D eigenvalue weighted by Gasteiger charge is 2.20. The molecule has 0 unspecified atom stereocenters. The molecule has 7 nitrogen and oxygen atoms in total. The second-order valence-corrected chi connectivity index (χ2v) is 7.72. The van der Waals surface area contributed by atoms with Gasteiger partial charge in [-0.25, -0.2) is 4.79 Å². The minimum Gasteiger partial charge on any atom is -0.481 e. The lowest BCUT2D eigenvalue weighted by molar-refractivity contribution is -0.149. The van der Waals surface area contributed by atoms with Crippen molar-refractivity contribution in [1.29, 1.82) is 0 Å². The van der Waals surface area contributed by atoms with E-state index in [4.69, 9.17) is 9.47 Å². The summed E-state index contributed by atoms with van der Waals surface area (Å²) in [5.74, 6) is -0.764. The van der Waals surface area contributed by atoms with Gasteiger partial charge in [0.1, 0.15) is 5.75 Å². The van der Waals surface area contributed by atoms with Crippen LogP contribution in [0.3, 0.4) is 0 Å². The molecule has 31 heavy (non-hydrogen) atoms. The molecule has 0 bridgehead atoms. The molecule has 0 atom stereocenters. The van der Waals surface area contributed by atoms with E-state index in [1.54, 1.807) is 24.3 Å². The number of ether oxygens (including phenoxy) is 2. The van der Waals surface area contributed by atoms with Gasteiger partial charge in [-0.05, 0) is 49.9 Å². The van der Waals surface area contributed by atoms with Crippen molar-refractivity contribution >= 4 is 23.5 Å². The first kappa shape index (κ1) is 22.3. The number of hydrogen-bond acceptors (Lipinski definition) is 5. The van der Waals surface area contributed by atoms with Crippen molar-refractivity contribution in [3.8, 4) is 5.75 Å². The summed E-state index contributed by atoms with van der Waals surface area (Å²) in [6.45, 7) is 3.02. The summed E-state index contributed by atoms with van der Waals surface area (Å²) in [7, 11) is 0. The van der Waals surface area contributed by atoms with Gasteiger partial charge >= 0.3 is 5.97 Å². The standard InChI is InChI=1S/C24H28N2O5/c1-16-8-7-9-17(2)23(16)31-15-22(28)30-14-21(27)26-20-13-6-5-12-19(20)24(29)25-18-10-3-4-11-18/h5-9,12-13,18H,3-4,10-11,14-15H2,1-2H3,(H,25,29)(H,26,27). The lowest BCUT2D eigenvalue weighted by Gasteiger charge is -2.15. The van der Waals surface area contributed by atoms with Crippen LogP contribution in [0.25, 0.3) is 0 Å². The number of nitrogens with one attached hydrogen (secondary N) is 2. The van der Waals surface area contributed by atoms with Crippen LogP contribution in [0.2, 0.25) is 0 Å². The van der Waals surface area contributed by atoms with Crippen molar-refractivity contribution in [1.82, 2.24) is 5.32 Å². The van der Waals surface area contributed by atoms with Gasteiger partial charge in [0.25, 0.3) is 11.8 Å². The Labute approximate surface area is 182 Å². The number of para-hydroxylation sites is 2. The largest absolute Gasteiger partial charge is 0.481 e. The van der Waals surface area contributed by atoms with Crippen LogP contribution >= 0.6 is 0 Å². The molecule has 164 valence electrons. The maximum absolute atomic E-state index is 12.6. The van der Waals surface area contributed by atoms with Gasteiger partial charge < -0.3 is 20.1 Å². The number of anilines is 1. The smallest absolute Gasteiger partial charge is 0.344 e. The van der Waals surface area contributed by atoms with E-state index in [-0.39, 0.29) is 18.6 Å². The van der Waals surface area contributed by atoms with E-state index in [9.17, 15) is 14.4 Å². The molecule has 2 aromatic rings. The Morgan fingerprint density at radius 3 is 2.32 bits per heavy atom. The lowest BCUT2D eigenvalue weighted by Crippen LogP contribution is -2.33. The molecule has 7 heteroatoms. The summed E-state index contributed by atoms with van der Waals surface area (Å²) in [6.07, 6.45) is 4.17. The molecule has 2 amide bonds. The third kappa shape index (κ3) is 6.31. The van der Waals surface area contributed by atoms with Gasteiger partial charge in [-0.1, -0.05) is 43.2 Å². The normalized spacial score (nSPS) is 13.5. The van der Waals surface area contributed by atoms with Gasteiger partial charge in [0, 0.05) is 6.04 Å². The van der Waals surface area contributed by atoms with E-state index >= 15 is 0 Å². The molecule has 0 saturated heterocycles. The maximum atomic E-state index is 12.6. The van der Waals surface area contributed by atoms with E-state index in [2.05, 4.69) is 10.6 Å². The molecular weight excluding hydrogens is 396 g/mol. The van der Waals surface area contributed by atoms with Gasteiger partial charge in [-0.15, -0.1) is 0 Å².